The lowest BCUT2D eigenvalue weighted by molar-refractivity contribution is 0.305. The van der Waals surface area contributed by atoms with E-state index in [9.17, 15) is 0 Å². The van der Waals surface area contributed by atoms with Crippen molar-refractivity contribution in [1.82, 2.24) is 4.98 Å². The van der Waals surface area contributed by atoms with Crippen molar-refractivity contribution < 1.29 is 9.47 Å². The Morgan fingerprint density at radius 1 is 1.47 bits per heavy atom. The van der Waals surface area contributed by atoms with Gasteiger partial charge in [-0.15, -0.1) is 11.3 Å². The highest BCUT2D eigenvalue weighted by atomic mass is 32.1. The van der Waals surface area contributed by atoms with Crippen LogP contribution in [-0.4, -0.2) is 25.2 Å². The molecule has 1 aromatic carbocycles. The van der Waals surface area contributed by atoms with Crippen molar-refractivity contribution in [3.8, 4) is 11.5 Å². The van der Waals surface area contributed by atoms with E-state index in [1.807, 2.05) is 25.1 Å². The minimum Gasteiger partial charge on any atom is -0.497 e. The van der Waals surface area contributed by atoms with Crippen LogP contribution in [0.1, 0.15) is 10.7 Å². The lowest BCUT2D eigenvalue weighted by atomic mass is 10.2. The first-order valence-electron chi connectivity index (χ1n) is 6.23. The van der Waals surface area contributed by atoms with Gasteiger partial charge < -0.3 is 14.4 Å². The normalized spacial score (nSPS) is 13.9. The van der Waals surface area contributed by atoms with Crippen LogP contribution in [0.5, 0.6) is 11.5 Å². The van der Waals surface area contributed by atoms with Crippen LogP contribution < -0.4 is 14.4 Å². The van der Waals surface area contributed by atoms with Gasteiger partial charge in [-0.3, -0.25) is 0 Å². The van der Waals surface area contributed by atoms with Crippen LogP contribution in [0.15, 0.2) is 23.6 Å². The molecule has 0 amide bonds. The number of benzene rings is 1. The summed E-state index contributed by atoms with van der Waals surface area (Å²) in [6.07, 6.45) is 0. The molecule has 1 aromatic heterocycles. The van der Waals surface area contributed by atoms with Crippen LogP contribution in [-0.2, 0) is 6.54 Å². The first-order valence-corrected chi connectivity index (χ1v) is 7.11. The van der Waals surface area contributed by atoms with Gasteiger partial charge in [0.1, 0.15) is 23.1 Å². The van der Waals surface area contributed by atoms with Gasteiger partial charge in [-0.25, -0.2) is 4.98 Å². The number of hydrogen-bond acceptors (Lipinski definition) is 5. The Morgan fingerprint density at radius 3 is 3.11 bits per heavy atom. The number of thiazole rings is 1. The van der Waals surface area contributed by atoms with Gasteiger partial charge in [0.2, 0.25) is 0 Å². The maximum atomic E-state index is 5.68. The summed E-state index contributed by atoms with van der Waals surface area (Å²) in [4.78, 5) is 6.82. The van der Waals surface area contributed by atoms with Crippen molar-refractivity contribution in [3.05, 3.63) is 34.3 Å². The number of nitrogens with zero attached hydrogens (tertiary/aromatic N) is 2. The molecule has 0 atom stereocenters. The van der Waals surface area contributed by atoms with Gasteiger partial charge in [-0.05, 0) is 19.1 Å². The SMILES string of the molecule is COc1ccc2c(c1)N(Cc1nc(C)cs1)CCO2. The summed E-state index contributed by atoms with van der Waals surface area (Å²) < 4.78 is 11.0. The van der Waals surface area contributed by atoms with E-state index in [4.69, 9.17) is 9.47 Å². The van der Waals surface area contributed by atoms with Gasteiger partial charge in [0, 0.05) is 17.1 Å². The third-order valence-corrected chi connectivity index (χ3v) is 4.07. The minimum absolute atomic E-state index is 0.712. The minimum atomic E-state index is 0.712. The fourth-order valence-corrected chi connectivity index (χ4v) is 2.97. The number of aryl methyl sites for hydroxylation is 1. The van der Waals surface area contributed by atoms with Crippen LogP contribution in [0.25, 0.3) is 0 Å². The Morgan fingerprint density at radius 2 is 2.37 bits per heavy atom. The van der Waals surface area contributed by atoms with Crippen molar-refractivity contribution in [2.75, 3.05) is 25.2 Å². The number of anilines is 1. The molecule has 1 aliphatic rings. The molecular weight excluding hydrogens is 260 g/mol. The summed E-state index contributed by atoms with van der Waals surface area (Å²) >= 11 is 1.70. The van der Waals surface area contributed by atoms with Gasteiger partial charge in [0.05, 0.1) is 25.9 Å². The fraction of sp³-hybridized carbons (Fsp3) is 0.357. The van der Waals surface area contributed by atoms with Crippen LogP contribution in [0, 0.1) is 6.92 Å². The van der Waals surface area contributed by atoms with E-state index in [0.29, 0.717) is 6.61 Å². The molecule has 5 heteroatoms. The molecule has 0 bridgehead atoms. The maximum Gasteiger partial charge on any atom is 0.142 e. The predicted molar refractivity (Wildman–Crippen MR) is 76.4 cm³/mol. The highest BCUT2D eigenvalue weighted by molar-refractivity contribution is 7.09. The van der Waals surface area contributed by atoms with E-state index in [1.54, 1.807) is 18.4 Å². The van der Waals surface area contributed by atoms with Gasteiger partial charge in [-0.1, -0.05) is 0 Å². The Balaban J connectivity index is 1.88. The summed E-state index contributed by atoms with van der Waals surface area (Å²) in [5, 5.41) is 3.22. The van der Waals surface area contributed by atoms with E-state index in [1.165, 1.54) is 0 Å². The Bertz CT molecular complexity index is 583. The van der Waals surface area contributed by atoms with Crippen LogP contribution in [0.2, 0.25) is 0 Å². The molecule has 4 nitrogen and oxygen atoms in total. The zero-order chi connectivity index (χ0) is 13.2. The standard InChI is InChI=1S/C14H16N2O2S/c1-10-9-19-14(15-10)8-16-5-6-18-13-4-3-11(17-2)7-12(13)16/h3-4,7,9H,5-6,8H2,1-2H3. The second kappa shape index (κ2) is 5.09. The molecule has 0 saturated carbocycles. The zero-order valence-corrected chi connectivity index (χ0v) is 11.9. The number of hydrogen-bond donors (Lipinski definition) is 0. The highest BCUT2D eigenvalue weighted by Gasteiger charge is 2.19. The number of methoxy groups -OCH3 is 1. The number of ether oxygens (including phenoxy) is 2. The first-order chi connectivity index (χ1) is 9.26. The monoisotopic (exact) mass is 276 g/mol. The van der Waals surface area contributed by atoms with Crippen LogP contribution in [0.4, 0.5) is 5.69 Å². The van der Waals surface area contributed by atoms with Crippen molar-refractivity contribution in [2.24, 2.45) is 0 Å². The van der Waals surface area contributed by atoms with Crippen molar-refractivity contribution in [3.63, 3.8) is 0 Å². The lowest BCUT2D eigenvalue weighted by Crippen LogP contribution is -2.32. The van der Waals surface area contributed by atoms with Crippen LogP contribution >= 0.6 is 11.3 Å². The smallest absolute Gasteiger partial charge is 0.142 e. The van der Waals surface area contributed by atoms with Gasteiger partial charge in [-0.2, -0.15) is 0 Å². The summed E-state index contributed by atoms with van der Waals surface area (Å²) in [5.41, 5.74) is 2.16. The Kier molecular flexibility index (Phi) is 3.29. The number of rotatable bonds is 3. The predicted octanol–water partition coefficient (Wildman–Crippen LogP) is 2.86. The quantitative estimate of drug-likeness (QED) is 0.863. The molecule has 1 aliphatic heterocycles. The van der Waals surface area contributed by atoms with Crippen molar-refractivity contribution in [1.29, 1.82) is 0 Å². The maximum absolute atomic E-state index is 5.68. The summed E-state index contributed by atoms with van der Waals surface area (Å²) in [7, 11) is 1.68. The molecule has 0 aliphatic carbocycles. The van der Waals surface area contributed by atoms with E-state index < -0.39 is 0 Å². The molecule has 2 aromatic rings. The second-order valence-corrected chi connectivity index (χ2v) is 5.43. The van der Waals surface area contributed by atoms with Crippen LogP contribution in [0.3, 0.4) is 0 Å². The van der Waals surface area contributed by atoms with Gasteiger partial charge >= 0.3 is 0 Å². The molecule has 0 spiro atoms. The molecule has 0 saturated heterocycles. The van der Waals surface area contributed by atoms with E-state index >= 15 is 0 Å². The molecule has 100 valence electrons. The van der Waals surface area contributed by atoms with Crippen molar-refractivity contribution >= 4 is 17.0 Å². The molecule has 0 fully saturated rings. The molecule has 0 unspecified atom stereocenters. The van der Waals surface area contributed by atoms with E-state index in [2.05, 4.69) is 15.3 Å². The Labute approximate surface area is 116 Å². The van der Waals surface area contributed by atoms with E-state index in [-0.39, 0.29) is 0 Å². The molecule has 0 radical (unpaired) electrons. The van der Waals surface area contributed by atoms with Gasteiger partial charge in [0.25, 0.3) is 0 Å². The Hall–Kier alpha value is -1.75. The molecule has 2 heterocycles. The lowest BCUT2D eigenvalue weighted by Gasteiger charge is -2.30. The van der Waals surface area contributed by atoms with Gasteiger partial charge in [0.15, 0.2) is 0 Å². The summed E-state index contributed by atoms with van der Waals surface area (Å²) in [6, 6.07) is 5.91. The molecule has 19 heavy (non-hydrogen) atoms. The first kappa shape index (κ1) is 12.3. The highest BCUT2D eigenvalue weighted by Crippen LogP contribution is 2.35. The van der Waals surface area contributed by atoms with E-state index in [0.717, 1.165) is 41.0 Å². The number of fused-ring (bicyclic) bond motifs is 1. The number of aromatic nitrogens is 1. The molecular formula is C14H16N2O2S. The summed E-state index contributed by atoms with van der Waals surface area (Å²) in [6.45, 7) is 4.43. The second-order valence-electron chi connectivity index (χ2n) is 4.49. The zero-order valence-electron chi connectivity index (χ0n) is 11.0. The topological polar surface area (TPSA) is 34.6 Å². The average molecular weight is 276 g/mol. The average Bonchev–Trinajstić information content (AvgIpc) is 2.84. The molecule has 3 rings (SSSR count). The largest absolute Gasteiger partial charge is 0.497 e. The molecule has 0 N–H and O–H groups in total. The summed E-state index contributed by atoms with van der Waals surface area (Å²) in [5.74, 6) is 1.77. The fourth-order valence-electron chi connectivity index (χ4n) is 2.18. The third-order valence-electron chi connectivity index (χ3n) is 3.12. The third kappa shape index (κ3) is 2.51. The van der Waals surface area contributed by atoms with Crippen molar-refractivity contribution in [2.45, 2.75) is 13.5 Å².